The Labute approximate surface area is 88.4 Å². The fraction of sp³-hybridized carbons (Fsp3) is 0.417. The Kier molecular flexibility index (Phi) is 1.61. The van der Waals surface area contributed by atoms with Crippen molar-refractivity contribution in [3.63, 3.8) is 0 Å². The van der Waals surface area contributed by atoms with Gasteiger partial charge in [-0.05, 0) is 13.0 Å². The summed E-state index contributed by atoms with van der Waals surface area (Å²) < 4.78 is 5.50. The summed E-state index contributed by atoms with van der Waals surface area (Å²) in [5.41, 5.74) is 1.77. The van der Waals surface area contributed by atoms with E-state index in [1.54, 1.807) is 0 Å². The molecule has 1 saturated heterocycles. The van der Waals surface area contributed by atoms with Gasteiger partial charge in [-0.1, -0.05) is 18.2 Å². The van der Waals surface area contributed by atoms with Crippen LogP contribution in [0.3, 0.4) is 0 Å². The summed E-state index contributed by atoms with van der Waals surface area (Å²) in [7, 11) is 0. The van der Waals surface area contributed by atoms with Crippen molar-refractivity contribution >= 4 is 11.7 Å². The van der Waals surface area contributed by atoms with Gasteiger partial charge in [0, 0.05) is 23.7 Å². The van der Waals surface area contributed by atoms with Crippen molar-refractivity contribution in [2.75, 3.05) is 11.9 Å². The molecule has 0 unspecified atom stereocenters. The summed E-state index contributed by atoms with van der Waals surface area (Å²) in [5, 5.41) is 3.35. The van der Waals surface area contributed by atoms with Crippen LogP contribution >= 0.6 is 0 Å². The fourth-order valence-electron chi connectivity index (χ4n) is 2.60. The monoisotopic (exact) mass is 203 g/mol. The molecular weight excluding hydrogens is 190 g/mol. The first-order chi connectivity index (χ1) is 7.20. The van der Waals surface area contributed by atoms with E-state index >= 15 is 0 Å². The van der Waals surface area contributed by atoms with Crippen LogP contribution in [0.25, 0.3) is 0 Å². The van der Waals surface area contributed by atoms with Crippen LogP contribution in [0.5, 0.6) is 0 Å². The first-order valence-electron chi connectivity index (χ1n) is 5.25. The summed E-state index contributed by atoms with van der Waals surface area (Å²) in [4.78, 5) is 11.4. The number of esters is 1. The van der Waals surface area contributed by atoms with Crippen molar-refractivity contribution in [3.05, 3.63) is 29.8 Å². The van der Waals surface area contributed by atoms with Crippen LogP contribution in [0.1, 0.15) is 18.9 Å². The molecule has 1 aromatic rings. The molecule has 0 bridgehead atoms. The molecule has 2 atom stereocenters. The maximum Gasteiger partial charge on any atom is 0.307 e. The summed E-state index contributed by atoms with van der Waals surface area (Å²) in [5.74, 6) is 0.181. The van der Waals surface area contributed by atoms with Gasteiger partial charge in [-0.2, -0.15) is 0 Å². The number of para-hydroxylation sites is 1. The Morgan fingerprint density at radius 3 is 3.13 bits per heavy atom. The van der Waals surface area contributed by atoms with E-state index in [9.17, 15) is 4.79 Å². The van der Waals surface area contributed by atoms with Crippen LogP contribution in [0.2, 0.25) is 0 Å². The Balaban J connectivity index is 2.15. The molecule has 0 aliphatic carbocycles. The number of benzene rings is 1. The SMILES string of the molecule is C[C@]12OC(=O)C[C@H]1CNc1ccccc12. The van der Waals surface area contributed by atoms with Crippen molar-refractivity contribution in [1.29, 1.82) is 0 Å². The number of hydrogen-bond acceptors (Lipinski definition) is 3. The van der Waals surface area contributed by atoms with E-state index in [-0.39, 0.29) is 11.9 Å². The van der Waals surface area contributed by atoms with Crippen LogP contribution in [-0.4, -0.2) is 12.5 Å². The standard InChI is InChI=1S/C12H13NO2/c1-12-8(6-11(14)15-12)7-13-10-5-3-2-4-9(10)12/h2-5,8,13H,6-7H2,1H3/t8-,12-/m0/s1. The quantitative estimate of drug-likeness (QED) is 0.654. The number of carbonyl (C=O) groups excluding carboxylic acids is 1. The predicted molar refractivity (Wildman–Crippen MR) is 56.5 cm³/mol. The van der Waals surface area contributed by atoms with Crippen molar-refractivity contribution in [2.45, 2.75) is 18.9 Å². The van der Waals surface area contributed by atoms with Gasteiger partial charge in [0.25, 0.3) is 0 Å². The fourth-order valence-corrected chi connectivity index (χ4v) is 2.60. The van der Waals surface area contributed by atoms with Gasteiger partial charge >= 0.3 is 5.97 Å². The zero-order valence-corrected chi connectivity index (χ0v) is 8.62. The minimum atomic E-state index is -0.418. The zero-order chi connectivity index (χ0) is 10.5. The van der Waals surface area contributed by atoms with Gasteiger partial charge in [0.1, 0.15) is 5.60 Å². The number of carbonyl (C=O) groups is 1. The number of rotatable bonds is 0. The third-order valence-corrected chi connectivity index (χ3v) is 3.52. The topological polar surface area (TPSA) is 38.3 Å². The molecule has 1 aromatic carbocycles. The summed E-state index contributed by atoms with van der Waals surface area (Å²) in [6.07, 6.45) is 0.526. The summed E-state index contributed by atoms with van der Waals surface area (Å²) in [6, 6.07) is 8.04. The maximum atomic E-state index is 11.4. The third-order valence-electron chi connectivity index (χ3n) is 3.52. The van der Waals surface area contributed by atoms with Crippen molar-refractivity contribution in [1.82, 2.24) is 0 Å². The Bertz CT molecular complexity index is 429. The van der Waals surface area contributed by atoms with E-state index in [1.165, 1.54) is 0 Å². The van der Waals surface area contributed by atoms with Crippen LogP contribution in [-0.2, 0) is 15.1 Å². The molecule has 3 rings (SSSR count). The van der Waals surface area contributed by atoms with Crippen molar-refractivity contribution < 1.29 is 9.53 Å². The summed E-state index contributed by atoms with van der Waals surface area (Å²) in [6.45, 7) is 2.83. The van der Waals surface area contributed by atoms with E-state index in [0.29, 0.717) is 6.42 Å². The lowest BCUT2D eigenvalue weighted by atomic mass is 9.79. The minimum Gasteiger partial charge on any atom is -0.454 e. The van der Waals surface area contributed by atoms with Crippen LogP contribution in [0.15, 0.2) is 24.3 Å². The Morgan fingerprint density at radius 2 is 2.27 bits per heavy atom. The van der Waals surface area contributed by atoms with Gasteiger partial charge in [0.2, 0.25) is 0 Å². The molecule has 0 spiro atoms. The molecule has 3 nitrogen and oxygen atoms in total. The molecule has 0 aromatic heterocycles. The van der Waals surface area contributed by atoms with E-state index in [1.807, 2.05) is 31.2 Å². The van der Waals surface area contributed by atoms with Crippen molar-refractivity contribution in [3.8, 4) is 0 Å². The van der Waals surface area contributed by atoms with Gasteiger partial charge in [-0.15, -0.1) is 0 Å². The molecule has 0 saturated carbocycles. The molecule has 78 valence electrons. The number of nitrogens with one attached hydrogen (secondary N) is 1. The Hall–Kier alpha value is -1.51. The molecule has 15 heavy (non-hydrogen) atoms. The lowest BCUT2D eigenvalue weighted by molar-refractivity contribution is -0.148. The van der Waals surface area contributed by atoms with Crippen LogP contribution in [0.4, 0.5) is 5.69 Å². The van der Waals surface area contributed by atoms with E-state index in [2.05, 4.69) is 5.32 Å². The smallest absolute Gasteiger partial charge is 0.307 e. The highest BCUT2D eigenvalue weighted by Gasteiger charge is 2.49. The molecular formula is C12H13NO2. The first-order valence-corrected chi connectivity index (χ1v) is 5.25. The molecule has 1 fully saturated rings. The van der Waals surface area contributed by atoms with Crippen LogP contribution in [0, 0.1) is 5.92 Å². The van der Waals surface area contributed by atoms with Gasteiger partial charge in [-0.3, -0.25) is 4.79 Å². The molecule has 3 heteroatoms. The van der Waals surface area contributed by atoms with E-state index in [0.717, 1.165) is 17.8 Å². The second kappa shape index (κ2) is 2.75. The maximum absolute atomic E-state index is 11.4. The van der Waals surface area contributed by atoms with Gasteiger partial charge < -0.3 is 10.1 Å². The van der Waals surface area contributed by atoms with Crippen LogP contribution < -0.4 is 5.32 Å². The largest absolute Gasteiger partial charge is 0.454 e. The predicted octanol–water partition coefficient (Wildman–Crippen LogP) is 1.89. The third kappa shape index (κ3) is 1.09. The first kappa shape index (κ1) is 8.77. The van der Waals surface area contributed by atoms with E-state index < -0.39 is 5.60 Å². The average Bonchev–Trinajstić information content (AvgIpc) is 2.53. The highest BCUT2D eigenvalue weighted by molar-refractivity contribution is 5.75. The molecule has 2 heterocycles. The second-order valence-corrected chi connectivity index (χ2v) is 4.41. The number of hydrogen-bond donors (Lipinski definition) is 1. The molecule has 2 aliphatic rings. The highest BCUT2D eigenvalue weighted by Crippen LogP contribution is 2.46. The number of ether oxygens (including phenoxy) is 1. The normalized spacial score (nSPS) is 32.6. The zero-order valence-electron chi connectivity index (χ0n) is 8.62. The second-order valence-electron chi connectivity index (χ2n) is 4.41. The summed E-state index contributed by atoms with van der Waals surface area (Å²) >= 11 is 0. The van der Waals surface area contributed by atoms with E-state index in [4.69, 9.17) is 4.74 Å². The van der Waals surface area contributed by atoms with Gasteiger partial charge in [-0.25, -0.2) is 0 Å². The molecule has 0 radical (unpaired) electrons. The highest BCUT2D eigenvalue weighted by atomic mass is 16.6. The molecule has 0 amide bonds. The lowest BCUT2D eigenvalue weighted by Gasteiger charge is -2.36. The van der Waals surface area contributed by atoms with Crippen molar-refractivity contribution in [2.24, 2.45) is 5.92 Å². The Morgan fingerprint density at radius 1 is 1.47 bits per heavy atom. The minimum absolute atomic E-state index is 0.0824. The van der Waals surface area contributed by atoms with Gasteiger partial charge in [0.15, 0.2) is 0 Å². The average molecular weight is 203 g/mol. The molecule has 2 aliphatic heterocycles. The molecule has 1 N–H and O–H groups in total. The lowest BCUT2D eigenvalue weighted by Crippen LogP contribution is -2.38. The number of anilines is 1. The van der Waals surface area contributed by atoms with Gasteiger partial charge in [0.05, 0.1) is 6.42 Å². The number of fused-ring (bicyclic) bond motifs is 3.